The average Bonchev–Trinajstić information content (AvgIpc) is 2.97. The molecule has 23 heavy (non-hydrogen) atoms. The van der Waals surface area contributed by atoms with Crippen LogP contribution in [0.25, 0.3) is 11.3 Å². The number of carbonyl (C=O) groups is 1. The first-order valence-corrected chi connectivity index (χ1v) is 7.70. The second kappa shape index (κ2) is 8.18. The minimum Gasteiger partial charge on any atom is -0.351 e. The zero-order valence-corrected chi connectivity index (χ0v) is 14.7. The summed E-state index contributed by atoms with van der Waals surface area (Å²) < 4.78 is 0. The van der Waals surface area contributed by atoms with Gasteiger partial charge in [0.15, 0.2) is 0 Å². The number of rotatable bonds is 6. The Labute approximate surface area is 144 Å². The van der Waals surface area contributed by atoms with Crippen LogP contribution >= 0.6 is 12.4 Å². The lowest BCUT2D eigenvalue weighted by atomic mass is 9.90. The number of carbonyl (C=O) groups excluding carboxylic acids is 1. The molecule has 1 aromatic carbocycles. The monoisotopic (exact) mass is 335 g/mol. The highest BCUT2D eigenvalue weighted by Crippen LogP contribution is 2.19. The van der Waals surface area contributed by atoms with Gasteiger partial charge < -0.3 is 16.0 Å². The minimum absolute atomic E-state index is 0. The van der Waals surface area contributed by atoms with Gasteiger partial charge >= 0.3 is 0 Å². The summed E-state index contributed by atoms with van der Waals surface area (Å²) in [7, 11) is 0. The highest BCUT2D eigenvalue weighted by atomic mass is 35.5. The zero-order chi connectivity index (χ0) is 16.2. The molecule has 5 heteroatoms. The number of nitrogens with one attached hydrogen (secondary N) is 2. The highest BCUT2D eigenvalue weighted by molar-refractivity contribution is 5.93. The van der Waals surface area contributed by atoms with Crippen molar-refractivity contribution in [2.45, 2.75) is 32.7 Å². The molecule has 1 amide bonds. The molecule has 1 aromatic heterocycles. The molecular formula is C18H26ClN3O. The minimum atomic E-state index is -0.386. The normalized spacial score (nSPS) is 13.3. The number of nitrogens with two attached hydrogens (primary N) is 1. The van der Waals surface area contributed by atoms with Gasteiger partial charge in [0.25, 0.3) is 5.91 Å². The van der Waals surface area contributed by atoms with Gasteiger partial charge in [-0.15, -0.1) is 12.4 Å². The van der Waals surface area contributed by atoms with Crippen LogP contribution in [0.4, 0.5) is 0 Å². The lowest BCUT2D eigenvalue weighted by Gasteiger charge is -2.31. The molecular weight excluding hydrogens is 310 g/mol. The number of H-pyrrole nitrogens is 1. The molecule has 126 valence electrons. The smallest absolute Gasteiger partial charge is 0.268 e. The van der Waals surface area contributed by atoms with E-state index in [1.807, 2.05) is 49.4 Å². The Kier molecular flexibility index (Phi) is 6.85. The quantitative estimate of drug-likeness (QED) is 0.754. The van der Waals surface area contributed by atoms with Gasteiger partial charge in [-0.3, -0.25) is 4.79 Å². The summed E-state index contributed by atoms with van der Waals surface area (Å²) in [5.74, 6) is 0.355. The zero-order valence-electron chi connectivity index (χ0n) is 13.9. The van der Waals surface area contributed by atoms with E-state index in [9.17, 15) is 4.79 Å². The van der Waals surface area contributed by atoms with Crippen LogP contribution in [0.2, 0.25) is 0 Å². The molecule has 0 aliphatic carbocycles. The van der Waals surface area contributed by atoms with Crippen LogP contribution in [-0.4, -0.2) is 23.0 Å². The van der Waals surface area contributed by atoms with Gasteiger partial charge in [0.1, 0.15) is 5.69 Å². The Bertz CT molecular complexity index is 624. The molecule has 2 rings (SSSR count). The second-order valence-electron chi connectivity index (χ2n) is 6.47. The fourth-order valence-corrected chi connectivity index (χ4v) is 2.74. The number of hydrogen-bond acceptors (Lipinski definition) is 2. The van der Waals surface area contributed by atoms with Crippen LogP contribution in [0.15, 0.2) is 42.5 Å². The van der Waals surface area contributed by atoms with Crippen molar-refractivity contribution in [3.63, 3.8) is 0 Å². The van der Waals surface area contributed by atoms with Crippen molar-refractivity contribution in [2.24, 2.45) is 11.7 Å². The standard InChI is InChI=1S/C18H25N3O.ClH/c1-13(2)11-18(3,12-19)21-17(22)16-10-9-15(20-16)14-7-5-4-6-8-14;/h4-10,13,20H,11-12,19H2,1-3H3,(H,21,22);1H. The van der Waals surface area contributed by atoms with Gasteiger partial charge in [0, 0.05) is 12.2 Å². The van der Waals surface area contributed by atoms with Gasteiger partial charge in [-0.05, 0) is 37.0 Å². The summed E-state index contributed by atoms with van der Waals surface area (Å²) in [6.45, 7) is 6.67. The summed E-state index contributed by atoms with van der Waals surface area (Å²) in [5, 5.41) is 3.06. The van der Waals surface area contributed by atoms with Crippen molar-refractivity contribution >= 4 is 18.3 Å². The first kappa shape index (κ1) is 19.3. The van der Waals surface area contributed by atoms with Crippen molar-refractivity contribution in [3.05, 3.63) is 48.2 Å². The summed E-state index contributed by atoms with van der Waals surface area (Å²) >= 11 is 0. The third-order valence-electron chi connectivity index (χ3n) is 3.74. The third kappa shape index (κ3) is 5.12. The van der Waals surface area contributed by atoms with E-state index in [1.165, 1.54) is 0 Å². The largest absolute Gasteiger partial charge is 0.351 e. The number of aromatic nitrogens is 1. The molecule has 0 fully saturated rings. The van der Waals surface area contributed by atoms with Crippen molar-refractivity contribution in [1.82, 2.24) is 10.3 Å². The van der Waals surface area contributed by atoms with Crippen LogP contribution in [-0.2, 0) is 0 Å². The van der Waals surface area contributed by atoms with Gasteiger partial charge in [-0.1, -0.05) is 44.2 Å². The number of halogens is 1. The number of amides is 1. The Balaban J connectivity index is 0.00000264. The molecule has 1 unspecified atom stereocenters. The van der Waals surface area contributed by atoms with Gasteiger partial charge in [-0.25, -0.2) is 0 Å². The fourth-order valence-electron chi connectivity index (χ4n) is 2.74. The molecule has 4 N–H and O–H groups in total. The van der Waals surface area contributed by atoms with Gasteiger partial charge in [0.2, 0.25) is 0 Å². The van der Waals surface area contributed by atoms with E-state index in [4.69, 9.17) is 5.73 Å². The van der Waals surface area contributed by atoms with E-state index < -0.39 is 0 Å². The molecule has 2 aromatic rings. The van der Waals surface area contributed by atoms with E-state index in [0.717, 1.165) is 17.7 Å². The average molecular weight is 336 g/mol. The molecule has 0 aliphatic heterocycles. The maximum absolute atomic E-state index is 12.4. The first-order chi connectivity index (χ1) is 10.4. The highest BCUT2D eigenvalue weighted by Gasteiger charge is 2.26. The molecule has 0 radical (unpaired) electrons. The van der Waals surface area contributed by atoms with Crippen LogP contribution in [0, 0.1) is 5.92 Å². The number of hydrogen-bond donors (Lipinski definition) is 3. The van der Waals surface area contributed by atoms with E-state index >= 15 is 0 Å². The molecule has 1 atom stereocenters. The van der Waals surface area contributed by atoms with Crippen LogP contribution < -0.4 is 11.1 Å². The summed E-state index contributed by atoms with van der Waals surface area (Å²) in [5.41, 5.74) is 8.02. The lowest BCUT2D eigenvalue weighted by molar-refractivity contribution is 0.0894. The molecule has 0 saturated carbocycles. The molecule has 4 nitrogen and oxygen atoms in total. The molecule has 0 bridgehead atoms. The summed E-state index contributed by atoms with van der Waals surface area (Å²) in [6, 6.07) is 13.7. The molecule has 1 heterocycles. The Morgan fingerprint density at radius 1 is 1.22 bits per heavy atom. The van der Waals surface area contributed by atoms with E-state index in [0.29, 0.717) is 18.2 Å². The van der Waals surface area contributed by atoms with E-state index in [2.05, 4.69) is 24.1 Å². The van der Waals surface area contributed by atoms with Crippen molar-refractivity contribution in [2.75, 3.05) is 6.54 Å². The SMILES string of the molecule is CC(C)CC(C)(CN)NC(=O)c1ccc(-c2ccccc2)[nH]1.Cl. The fraction of sp³-hybridized carbons (Fsp3) is 0.389. The molecule has 0 spiro atoms. The van der Waals surface area contributed by atoms with Gasteiger partial charge in [-0.2, -0.15) is 0 Å². The summed E-state index contributed by atoms with van der Waals surface area (Å²) in [4.78, 5) is 15.6. The Hall–Kier alpha value is -1.78. The van der Waals surface area contributed by atoms with Crippen LogP contribution in [0.1, 0.15) is 37.7 Å². The summed E-state index contributed by atoms with van der Waals surface area (Å²) in [6.07, 6.45) is 0.849. The first-order valence-electron chi connectivity index (χ1n) is 7.70. The maximum atomic E-state index is 12.4. The predicted octanol–water partition coefficient (Wildman–Crippen LogP) is 3.60. The van der Waals surface area contributed by atoms with Crippen molar-refractivity contribution in [1.29, 1.82) is 0 Å². The van der Waals surface area contributed by atoms with E-state index in [-0.39, 0.29) is 23.9 Å². The van der Waals surface area contributed by atoms with Crippen LogP contribution in [0.5, 0.6) is 0 Å². The Morgan fingerprint density at radius 2 is 1.87 bits per heavy atom. The molecule has 0 aliphatic rings. The van der Waals surface area contributed by atoms with Crippen molar-refractivity contribution in [3.8, 4) is 11.3 Å². The topological polar surface area (TPSA) is 70.9 Å². The number of benzene rings is 1. The van der Waals surface area contributed by atoms with Crippen LogP contribution in [0.3, 0.4) is 0 Å². The maximum Gasteiger partial charge on any atom is 0.268 e. The van der Waals surface area contributed by atoms with Crippen molar-refractivity contribution < 1.29 is 4.79 Å². The van der Waals surface area contributed by atoms with E-state index in [1.54, 1.807) is 0 Å². The predicted molar refractivity (Wildman–Crippen MR) is 97.9 cm³/mol. The lowest BCUT2D eigenvalue weighted by Crippen LogP contribution is -2.52. The number of aromatic amines is 1. The third-order valence-corrected chi connectivity index (χ3v) is 3.74. The second-order valence-corrected chi connectivity index (χ2v) is 6.47. The molecule has 0 saturated heterocycles. The Morgan fingerprint density at radius 3 is 2.43 bits per heavy atom. The van der Waals surface area contributed by atoms with Gasteiger partial charge in [0.05, 0.1) is 5.54 Å².